The molecule has 0 atom stereocenters. The van der Waals surface area contributed by atoms with Gasteiger partial charge in [-0.3, -0.25) is 0 Å². The molecule has 0 aromatic carbocycles. The first-order chi connectivity index (χ1) is 3.42. The van der Waals surface area contributed by atoms with Crippen LogP contribution < -0.4 is 0 Å². The molecule has 0 aromatic rings. The van der Waals surface area contributed by atoms with Crippen LogP contribution in [-0.4, -0.2) is 18.1 Å². The first-order valence-electron chi connectivity index (χ1n) is 2.29. The van der Waals surface area contributed by atoms with Crippen molar-refractivity contribution in [1.29, 1.82) is 0 Å². The fourth-order valence-electron chi connectivity index (χ4n) is 0.245. The number of rotatable bonds is 2. The largest absolute Gasteiger partial charge is 0.355 e. The smallest absolute Gasteiger partial charge is 0.316 e. The zero-order valence-corrected chi connectivity index (χ0v) is 7.14. The molecule has 3 nitrogen and oxygen atoms in total. The molecule has 0 heterocycles. The average Bonchev–Trinajstić information content (AvgIpc) is 1.21. The summed E-state index contributed by atoms with van der Waals surface area (Å²) in [7, 11) is -3.82. The average molecular weight is 154 g/mol. The molecule has 0 bridgehead atoms. The molecule has 5 heteroatoms. The molecule has 50 valence electrons. The van der Waals surface area contributed by atoms with E-state index >= 15 is 0 Å². The Kier molecular flexibility index (Phi) is 3.08. The first-order valence-corrected chi connectivity index (χ1v) is 6.86. The third kappa shape index (κ3) is 6.53. The second-order valence-electron chi connectivity index (χ2n) is 2.46. The lowest BCUT2D eigenvalue weighted by molar-refractivity contribution is 0.373. The van der Waals surface area contributed by atoms with Gasteiger partial charge < -0.3 is 14.0 Å². The maximum Gasteiger partial charge on any atom is 0.316 e. The van der Waals surface area contributed by atoms with E-state index in [0.717, 1.165) is 0 Å². The molecule has 8 heavy (non-hydrogen) atoms. The van der Waals surface area contributed by atoms with Crippen LogP contribution in [0, 0.1) is 0 Å². The monoisotopic (exact) mass is 154 g/mol. The van der Waals surface area contributed by atoms with Gasteiger partial charge >= 0.3 is 8.60 Å². The van der Waals surface area contributed by atoms with Crippen molar-refractivity contribution in [2.75, 3.05) is 0 Å². The second-order valence-corrected chi connectivity index (χ2v) is 7.92. The molecule has 0 rings (SSSR count). The van der Waals surface area contributed by atoms with Crippen molar-refractivity contribution in [3.63, 3.8) is 0 Å². The topological polar surface area (TPSA) is 49.7 Å². The van der Waals surface area contributed by atoms with Crippen LogP contribution in [0.15, 0.2) is 0 Å². The van der Waals surface area contributed by atoms with Gasteiger partial charge in [-0.25, -0.2) is 0 Å². The zero-order valence-electron chi connectivity index (χ0n) is 5.25. The van der Waals surface area contributed by atoms with Gasteiger partial charge in [-0.15, -0.1) is 0 Å². The summed E-state index contributed by atoms with van der Waals surface area (Å²) in [6.45, 7) is 5.69. The fraction of sp³-hybridized carbons (Fsp3) is 1.00. The summed E-state index contributed by atoms with van der Waals surface area (Å²) >= 11 is 0. The highest BCUT2D eigenvalue weighted by Gasteiger charge is 2.18. The van der Waals surface area contributed by atoms with Gasteiger partial charge in [0.1, 0.15) is 0 Å². The molecule has 0 aliphatic heterocycles. The van der Waals surface area contributed by atoms with Gasteiger partial charge in [0.25, 0.3) is 0 Å². The molecule has 0 spiro atoms. The van der Waals surface area contributed by atoms with Gasteiger partial charge in [0.2, 0.25) is 0 Å². The Morgan fingerprint density at radius 1 is 1.25 bits per heavy atom. The van der Waals surface area contributed by atoms with Crippen LogP contribution in [0.2, 0.25) is 19.6 Å². The molecule has 0 fully saturated rings. The van der Waals surface area contributed by atoms with E-state index in [1.54, 1.807) is 0 Å². The molecule has 0 radical (unpaired) electrons. The standard InChI is InChI=1S/C3H11O3PSi/c1-8(2,3)6-7(4)5/h4-5H,1-3H3. The molecule has 0 aromatic heterocycles. The van der Waals surface area contributed by atoms with Crippen LogP contribution in [0.4, 0.5) is 0 Å². The van der Waals surface area contributed by atoms with Crippen LogP contribution in [0.1, 0.15) is 0 Å². The Bertz CT molecular complexity index is 69.4. The van der Waals surface area contributed by atoms with E-state index in [2.05, 4.69) is 0 Å². The SMILES string of the molecule is C[Si](C)(C)OP(O)O. The molecule has 0 unspecified atom stereocenters. The minimum Gasteiger partial charge on any atom is -0.355 e. The normalized spacial score (nSPS) is 12.8. The van der Waals surface area contributed by atoms with Crippen molar-refractivity contribution in [3.05, 3.63) is 0 Å². The third-order valence-electron chi connectivity index (χ3n) is 0.356. The van der Waals surface area contributed by atoms with Gasteiger partial charge in [-0.1, -0.05) is 0 Å². The highest BCUT2D eigenvalue weighted by molar-refractivity contribution is 7.41. The van der Waals surface area contributed by atoms with E-state index in [4.69, 9.17) is 14.0 Å². The number of hydrogen-bond acceptors (Lipinski definition) is 3. The summed E-state index contributed by atoms with van der Waals surface area (Å²) < 4.78 is 4.75. The van der Waals surface area contributed by atoms with Crippen molar-refractivity contribution in [1.82, 2.24) is 0 Å². The summed E-state index contributed by atoms with van der Waals surface area (Å²) in [5, 5.41) is 0. The summed E-state index contributed by atoms with van der Waals surface area (Å²) in [6, 6.07) is 0. The van der Waals surface area contributed by atoms with E-state index in [1.165, 1.54) is 0 Å². The van der Waals surface area contributed by atoms with Gasteiger partial charge in [0.15, 0.2) is 8.32 Å². The molecule has 0 aliphatic carbocycles. The molecule has 2 N–H and O–H groups in total. The Morgan fingerprint density at radius 2 is 1.62 bits per heavy atom. The Morgan fingerprint density at radius 3 is 1.62 bits per heavy atom. The van der Waals surface area contributed by atoms with Gasteiger partial charge in [0, 0.05) is 0 Å². The molecule has 0 amide bonds. The summed E-state index contributed by atoms with van der Waals surface area (Å²) in [5.41, 5.74) is 0. The fourth-order valence-corrected chi connectivity index (χ4v) is 2.20. The highest BCUT2D eigenvalue weighted by atomic mass is 31.2. The molecular formula is C3H11O3PSi. The quantitative estimate of drug-likeness (QED) is 0.461. The van der Waals surface area contributed by atoms with Crippen molar-refractivity contribution >= 4 is 16.9 Å². The molecule has 0 saturated carbocycles. The molecule has 0 saturated heterocycles. The first kappa shape index (κ1) is 8.53. The van der Waals surface area contributed by atoms with Crippen LogP contribution in [0.3, 0.4) is 0 Å². The lowest BCUT2D eigenvalue weighted by Crippen LogP contribution is -2.22. The van der Waals surface area contributed by atoms with Gasteiger partial charge in [-0.05, 0) is 19.6 Å². The van der Waals surface area contributed by atoms with E-state index in [-0.39, 0.29) is 0 Å². The van der Waals surface area contributed by atoms with E-state index < -0.39 is 16.9 Å². The second kappa shape index (κ2) is 2.89. The van der Waals surface area contributed by atoms with E-state index in [0.29, 0.717) is 0 Å². The maximum atomic E-state index is 8.32. The summed E-state index contributed by atoms with van der Waals surface area (Å²) in [6.07, 6.45) is 0. The Balaban J connectivity index is 3.39. The van der Waals surface area contributed by atoms with Crippen molar-refractivity contribution in [3.8, 4) is 0 Å². The Hall–Kier alpha value is 0.527. The summed E-state index contributed by atoms with van der Waals surface area (Å²) in [5.74, 6) is 0. The van der Waals surface area contributed by atoms with Crippen LogP contribution in [-0.2, 0) is 4.21 Å². The van der Waals surface area contributed by atoms with Crippen molar-refractivity contribution < 1.29 is 14.0 Å². The lowest BCUT2D eigenvalue weighted by Gasteiger charge is -2.15. The van der Waals surface area contributed by atoms with Crippen LogP contribution >= 0.6 is 8.60 Å². The van der Waals surface area contributed by atoms with Gasteiger partial charge in [0.05, 0.1) is 0 Å². The predicted octanol–water partition coefficient (Wildman–Crippen LogP) is 1.05. The number of hydrogen-bond donors (Lipinski definition) is 2. The minimum absolute atomic E-state index is 1.69. The molecule has 0 aliphatic rings. The van der Waals surface area contributed by atoms with Crippen LogP contribution in [0.5, 0.6) is 0 Å². The van der Waals surface area contributed by atoms with Crippen LogP contribution in [0.25, 0.3) is 0 Å². The Labute approximate surface area is 51.4 Å². The van der Waals surface area contributed by atoms with Crippen molar-refractivity contribution in [2.24, 2.45) is 0 Å². The van der Waals surface area contributed by atoms with E-state index in [1.807, 2.05) is 19.6 Å². The highest BCUT2D eigenvalue weighted by Crippen LogP contribution is 2.29. The summed E-state index contributed by atoms with van der Waals surface area (Å²) in [4.78, 5) is 16.6. The maximum absolute atomic E-state index is 8.32. The van der Waals surface area contributed by atoms with E-state index in [9.17, 15) is 0 Å². The molecular weight excluding hydrogens is 143 g/mol. The zero-order chi connectivity index (χ0) is 6.78. The van der Waals surface area contributed by atoms with Gasteiger partial charge in [-0.2, -0.15) is 0 Å². The predicted molar refractivity (Wildman–Crippen MR) is 35.8 cm³/mol. The lowest BCUT2D eigenvalue weighted by atomic mass is 11.8. The minimum atomic E-state index is -2.13. The van der Waals surface area contributed by atoms with Crippen molar-refractivity contribution in [2.45, 2.75) is 19.6 Å². The third-order valence-corrected chi connectivity index (χ3v) is 3.20.